The zero-order chi connectivity index (χ0) is 39.0. The third-order valence-corrected chi connectivity index (χ3v) is 19.7. The van der Waals surface area contributed by atoms with Gasteiger partial charge in [-0.1, -0.05) is 0 Å². The number of hydrogen-bond acceptors (Lipinski definition) is 2. The summed E-state index contributed by atoms with van der Waals surface area (Å²) < 4.78 is 0. The summed E-state index contributed by atoms with van der Waals surface area (Å²) in [7, 11) is -5.76. The van der Waals surface area contributed by atoms with Gasteiger partial charge in [-0.05, 0) is 0 Å². The van der Waals surface area contributed by atoms with Crippen molar-refractivity contribution < 1.29 is 0 Å². The van der Waals surface area contributed by atoms with Crippen molar-refractivity contribution in [2.75, 3.05) is 10.2 Å². The van der Waals surface area contributed by atoms with Crippen molar-refractivity contribution in [3.05, 3.63) is 255 Å². The molecule has 2 N–H and O–H groups in total. The quantitative estimate of drug-likeness (QED) is 0.121. The van der Waals surface area contributed by atoms with Crippen LogP contribution in [0.15, 0.2) is 255 Å². The van der Waals surface area contributed by atoms with Gasteiger partial charge in [-0.25, -0.2) is 0 Å². The van der Waals surface area contributed by atoms with Gasteiger partial charge in [0.05, 0.1) is 0 Å². The number of hydrogen-bond donors (Lipinski definition) is 2. The molecule has 0 radical (unpaired) electrons. The van der Waals surface area contributed by atoms with E-state index in [0.717, 1.165) is 22.5 Å². The van der Waals surface area contributed by atoms with Gasteiger partial charge in [0.15, 0.2) is 0 Å². The molecule has 9 aromatic rings. The van der Waals surface area contributed by atoms with Crippen LogP contribution in [-0.4, -0.2) is 0 Å². The molecule has 58 heavy (non-hydrogen) atoms. The SMILES string of the molecule is c1ccc(-c2ccc(-c3cc(N[PH](c4ccccc4)(c4ccccc4)c4ccccc4)cc(N[PH](c4ccccc4)(c4ccccc4)c4ccccc4)c3)cc2)cc1. The molecular formula is C54H46N2P2. The maximum absolute atomic E-state index is 4.35. The second kappa shape index (κ2) is 16.9. The van der Waals surface area contributed by atoms with E-state index < -0.39 is 14.8 Å². The summed E-state index contributed by atoms with van der Waals surface area (Å²) in [6.07, 6.45) is 0. The van der Waals surface area contributed by atoms with Gasteiger partial charge in [0, 0.05) is 0 Å². The third-order valence-electron chi connectivity index (χ3n) is 11.2. The first-order valence-electron chi connectivity index (χ1n) is 19.9. The first-order valence-corrected chi connectivity index (χ1v) is 23.9. The van der Waals surface area contributed by atoms with Crippen LogP contribution >= 0.6 is 14.8 Å². The average molecular weight is 785 g/mol. The van der Waals surface area contributed by atoms with E-state index in [1.807, 2.05) is 0 Å². The standard InChI is InChI=1S/C54H46N2P2/c1-8-22-43(23-9-1)44-36-38-45(39-37-44)46-40-47(55-57(49-24-10-2-11-25-49,50-26-12-3-13-27-50)51-28-14-4-15-29-51)42-48(41-46)56-58(52-30-16-5-17-31-52,53-32-18-6-19-33-53)54-34-20-7-21-35-54/h1-42,55-58H. The summed E-state index contributed by atoms with van der Waals surface area (Å²) in [5.41, 5.74) is 6.83. The Morgan fingerprint density at radius 2 is 0.431 bits per heavy atom. The molecule has 0 amide bonds. The van der Waals surface area contributed by atoms with Crippen LogP contribution in [0.1, 0.15) is 0 Å². The van der Waals surface area contributed by atoms with Crippen molar-refractivity contribution in [1.29, 1.82) is 0 Å². The van der Waals surface area contributed by atoms with Gasteiger partial charge < -0.3 is 0 Å². The Balaban J connectivity index is 1.28. The molecule has 0 atom stereocenters. The predicted molar refractivity (Wildman–Crippen MR) is 258 cm³/mol. The van der Waals surface area contributed by atoms with Gasteiger partial charge in [0.25, 0.3) is 0 Å². The van der Waals surface area contributed by atoms with Crippen LogP contribution in [-0.2, 0) is 0 Å². The van der Waals surface area contributed by atoms with E-state index >= 15 is 0 Å². The minimum absolute atomic E-state index is 1.06. The van der Waals surface area contributed by atoms with Crippen molar-refractivity contribution in [2.24, 2.45) is 0 Å². The molecule has 4 heteroatoms. The second-order valence-corrected chi connectivity index (χ2v) is 21.7. The molecule has 0 aliphatic rings. The molecular weight excluding hydrogens is 739 g/mol. The van der Waals surface area contributed by atoms with E-state index in [9.17, 15) is 0 Å². The van der Waals surface area contributed by atoms with Gasteiger partial charge in [0.1, 0.15) is 0 Å². The molecule has 0 bridgehead atoms. The van der Waals surface area contributed by atoms with Gasteiger partial charge in [-0.2, -0.15) is 0 Å². The summed E-state index contributed by atoms with van der Waals surface area (Å²) in [6, 6.07) is 92.9. The maximum atomic E-state index is 4.35. The van der Waals surface area contributed by atoms with Gasteiger partial charge in [0.2, 0.25) is 0 Å². The van der Waals surface area contributed by atoms with Crippen LogP contribution in [0.25, 0.3) is 22.3 Å². The Kier molecular flexibility index (Phi) is 10.8. The van der Waals surface area contributed by atoms with E-state index in [1.54, 1.807) is 0 Å². The van der Waals surface area contributed by atoms with E-state index in [-0.39, 0.29) is 0 Å². The topological polar surface area (TPSA) is 24.1 Å². The summed E-state index contributed by atoms with van der Waals surface area (Å²) in [4.78, 5) is 0. The molecule has 9 aromatic carbocycles. The van der Waals surface area contributed by atoms with E-state index in [1.165, 1.54) is 43.0 Å². The number of benzene rings is 9. The molecule has 0 unspecified atom stereocenters. The Labute approximate surface area is 343 Å². The zero-order valence-electron chi connectivity index (χ0n) is 32.2. The Bertz CT molecular complexity index is 2340. The minimum atomic E-state index is -2.88. The molecule has 0 saturated carbocycles. The number of nitrogens with one attached hydrogen (secondary N) is 2. The molecule has 0 aliphatic heterocycles. The van der Waals surface area contributed by atoms with Crippen LogP contribution in [0.4, 0.5) is 11.4 Å². The Hall–Kier alpha value is -6.56. The second-order valence-electron chi connectivity index (χ2n) is 14.7. The molecule has 0 aromatic heterocycles. The fourth-order valence-electron chi connectivity index (χ4n) is 8.42. The summed E-state index contributed by atoms with van der Waals surface area (Å²) >= 11 is 0. The van der Waals surface area contributed by atoms with Crippen LogP contribution in [0.5, 0.6) is 0 Å². The van der Waals surface area contributed by atoms with Crippen LogP contribution < -0.4 is 42.0 Å². The van der Waals surface area contributed by atoms with Crippen molar-refractivity contribution in [3.8, 4) is 22.3 Å². The Morgan fingerprint density at radius 3 is 0.707 bits per heavy atom. The monoisotopic (exact) mass is 784 g/mol. The summed E-state index contributed by atoms with van der Waals surface area (Å²) in [6.45, 7) is 0. The van der Waals surface area contributed by atoms with E-state index in [0.29, 0.717) is 0 Å². The molecule has 0 aliphatic carbocycles. The fraction of sp³-hybridized carbons (Fsp3) is 0. The average Bonchev–Trinajstić information content (AvgIpc) is 3.32. The third kappa shape index (κ3) is 7.37. The zero-order valence-corrected chi connectivity index (χ0v) is 34.2. The predicted octanol–water partition coefficient (Wildman–Crippen LogP) is 11.1. The first-order chi connectivity index (χ1) is 28.7. The van der Waals surface area contributed by atoms with Crippen LogP contribution in [0, 0.1) is 0 Å². The van der Waals surface area contributed by atoms with Crippen molar-refractivity contribution in [1.82, 2.24) is 0 Å². The molecule has 9 rings (SSSR count). The molecule has 282 valence electrons. The fourth-order valence-corrected chi connectivity index (χ4v) is 16.6. The summed E-state index contributed by atoms with van der Waals surface area (Å²) in [5.74, 6) is 0. The summed E-state index contributed by atoms with van der Waals surface area (Å²) in [5, 5.41) is 16.5. The van der Waals surface area contributed by atoms with Crippen LogP contribution in [0.2, 0.25) is 0 Å². The molecule has 0 saturated heterocycles. The van der Waals surface area contributed by atoms with Gasteiger partial charge in [-0.15, -0.1) is 0 Å². The van der Waals surface area contributed by atoms with E-state index in [4.69, 9.17) is 0 Å². The Morgan fingerprint density at radius 1 is 0.207 bits per heavy atom. The van der Waals surface area contributed by atoms with E-state index in [2.05, 4.69) is 265 Å². The normalized spacial score (nSPS) is 12.0. The molecule has 2 nitrogen and oxygen atoms in total. The van der Waals surface area contributed by atoms with Gasteiger partial charge >= 0.3 is 345 Å². The molecule has 0 spiro atoms. The number of anilines is 2. The van der Waals surface area contributed by atoms with Crippen molar-refractivity contribution in [2.45, 2.75) is 0 Å². The van der Waals surface area contributed by atoms with Gasteiger partial charge in [-0.3, -0.25) is 0 Å². The molecule has 0 fully saturated rings. The number of rotatable bonds is 12. The van der Waals surface area contributed by atoms with Crippen molar-refractivity contribution in [3.63, 3.8) is 0 Å². The first kappa shape index (κ1) is 37.0. The van der Waals surface area contributed by atoms with Crippen LogP contribution in [0.3, 0.4) is 0 Å². The van der Waals surface area contributed by atoms with Crippen molar-refractivity contribution >= 4 is 58.0 Å². The molecule has 0 heterocycles.